The number of hydrogen-bond acceptors (Lipinski definition) is 3. The lowest BCUT2D eigenvalue weighted by Crippen LogP contribution is -2.75. The van der Waals surface area contributed by atoms with Crippen LogP contribution in [0.1, 0.15) is 16.7 Å². The second kappa shape index (κ2) is 9.17. The topological polar surface area (TPSA) is 49.7 Å². The minimum Gasteiger partial charge on any atom is -0.512 e. The standard InChI is InChI=1S/C27H27BO3Si/c1-20-8-14-23(15-9-20)32(24-16-10-21(2)11-17-24,25-18-12-22(3)13-19-25)27-7-5-4-6-26(27)31-28(29)30/h4-19,29-30H,1-3H3. The summed E-state index contributed by atoms with van der Waals surface area (Å²) in [6.45, 7) is 6.26. The van der Waals surface area contributed by atoms with E-state index in [1.54, 1.807) is 0 Å². The predicted octanol–water partition coefficient (Wildman–Crippen LogP) is 2.34. The van der Waals surface area contributed by atoms with Crippen LogP contribution in [0, 0.1) is 20.8 Å². The second-order valence-electron chi connectivity index (χ2n) is 8.29. The van der Waals surface area contributed by atoms with Crippen molar-refractivity contribution in [2.24, 2.45) is 0 Å². The third-order valence-corrected chi connectivity index (χ3v) is 10.8. The Morgan fingerprint density at radius 1 is 0.562 bits per heavy atom. The van der Waals surface area contributed by atoms with E-state index in [-0.39, 0.29) is 0 Å². The van der Waals surface area contributed by atoms with Crippen LogP contribution >= 0.6 is 0 Å². The summed E-state index contributed by atoms with van der Waals surface area (Å²) in [5.41, 5.74) is 3.58. The van der Waals surface area contributed by atoms with Crippen LogP contribution in [-0.2, 0) is 0 Å². The van der Waals surface area contributed by atoms with Gasteiger partial charge >= 0.3 is 7.32 Å². The van der Waals surface area contributed by atoms with Gasteiger partial charge in [0.05, 0.1) is 0 Å². The molecule has 0 saturated heterocycles. The molecule has 0 spiro atoms. The fourth-order valence-corrected chi connectivity index (χ4v) is 9.16. The predicted molar refractivity (Wildman–Crippen MR) is 135 cm³/mol. The van der Waals surface area contributed by atoms with Crippen LogP contribution in [0.15, 0.2) is 97.1 Å². The Labute approximate surface area is 191 Å². The average Bonchev–Trinajstić information content (AvgIpc) is 2.78. The van der Waals surface area contributed by atoms with Crippen molar-refractivity contribution in [2.45, 2.75) is 20.8 Å². The Hall–Kier alpha value is -3.12. The van der Waals surface area contributed by atoms with Crippen LogP contribution in [-0.4, -0.2) is 25.4 Å². The highest BCUT2D eigenvalue weighted by molar-refractivity contribution is 7.20. The summed E-state index contributed by atoms with van der Waals surface area (Å²) in [6, 6.07) is 33.8. The molecule has 0 aliphatic rings. The van der Waals surface area contributed by atoms with Crippen molar-refractivity contribution in [3.63, 3.8) is 0 Å². The Morgan fingerprint density at radius 2 is 0.938 bits per heavy atom. The van der Waals surface area contributed by atoms with Crippen LogP contribution in [0.25, 0.3) is 0 Å². The van der Waals surface area contributed by atoms with Gasteiger partial charge in [0.2, 0.25) is 0 Å². The lowest BCUT2D eigenvalue weighted by atomic mass is 10.2. The Bertz CT molecular complexity index is 1080. The minimum atomic E-state index is -2.83. The first kappa shape index (κ1) is 22.1. The first-order valence-corrected chi connectivity index (χ1v) is 12.7. The normalized spacial score (nSPS) is 11.3. The molecule has 0 saturated carbocycles. The van der Waals surface area contributed by atoms with Gasteiger partial charge in [-0.15, -0.1) is 0 Å². The minimum absolute atomic E-state index is 0.482. The van der Waals surface area contributed by atoms with E-state index in [0.717, 1.165) is 5.19 Å². The van der Waals surface area contributed by atoms with Gasteiger partial charge in [0.1, 0.15) is 5.75 Å². The maximum absolute atomic E-state index is 9.67. The van der Waals surface area contributed by atoms with Crippen molar-refractivity contribution in [3.05, 3.63) is 114 Å². The third kappa shape index (κ3) is 4.15. The van der Waals surface area contributed by atoms with Crippen molar-refractivity contribution >= 4 is 36.1 Å². The Balaban J connectivity index is 2.14. The van der Waals surface area contributed by atoms with Crippen molar-refractivity contribution in [1.29, 1.82) is 0 Å². The fraction of sp³-hybridized carbons (Fsp3) is 0.111. The highest BCUT2D eigenvalue weighted by Gasteiger charge is 2.43. The number of benzene rings is 4. The Kier molecular flexibility index (Phi) is 6.33. The van der Waals surface area contributed by atoms with E-state index in [0.29, 0.717) is 5.75 Å². The zero-order valence-corrected chi connectivity index (χ0v) is 19.6. The summed E-state index contributed by atoms with van der Waals surface area (Å²) < 4.78 is 5.53. The molecule has 3 nitrogen and oxygen atoms in total. The SMILES string of the molecule is Cc1ccc([Si](c2ccc(C)cc2)(c2ccc(C)cc2)c2ccccc2OB(O)O)cc1. The van der Waals surface area contributed by atoms with E-state index < -0.39 is 15.4 Å². The van der Waals surface area contributed by atoms with Gasteiger partial charge in [-0.05, 0) is 47.6 Å². The maximum Gasteiger partial charge on any atom is 0.707 e. The van der Waals surface area contributed by atoms with E-state index in [9.17, 15) is 10.0 Å². The summed E-state index contributed by atoms with van der Waals surface area (Å²) in [5.74, 6) is 0.482. The molecule has 4 aromatic carbocycles. The fourth-order valence-electron chi connectivity index (χ4n) is 4.37. The molecule has 0 unspecified atom stereocenters. The van der Waals surface area contributed by atoms with E-state index in [2.05, 4.69) is 99.6 Å². The monoisotopic (exact) mass is 438 g/mol. The molecular weight excluding hydrogens is 411 g/mol. The third-order valence-electron chi connectivity index (χ3n) is 5.98. The van der Waals surface area contributed by atoms with Gasteiger partial charge in [0.25, 0.3) is 0 Å². The molecule has 32 heavy (non-hydrogen) atoms. The number of aryl methyl sites for hydroxylation is 3. The zero-order valence-electron chi connectivity index (χ0n) is 18.6. The van der Waals surface area contributed by atoms with Gasteiger partial charge in [-0.25, -0.2) is 0 Å². The lowest BCUT2D eigenvalue weighted by Gasteiger charge is -2.35. The van der Waals surface area contributed by atoms with Gasteiger partial charge in [-0.3, -0.25) is 0 Å². The number of rotatable bonds is 6. The van der Waals surface area contributed by atoms with Crippen molar-refractivity contribution in [1.82, 2.24) is 0 Å². The largest absolute Gasteiger partial charge is 0.707 e. The van der Waals surface area contributed by atoms with Crippen molar-refractivity contribution < 1.29 is 14.7 Å². The Morgan fingerprint density at radius 3 is 1.31 bits per heavy atom. The molecule has 4 rings (SSSR count). The van der Waals surface area contributed by atoms with Gasteiger partial charge in [0.15, 0.2) is 8.07 Å². The van der Waals surface area contributed by atoms with E-state index >= 15 is 0 Å². The van der Waals surface area contributed by atoms with Crippen LogP contribution in [0.3, 0.4) is 0 Å². The zero-order chi connectivity index (χ0) is 22.7. The molecular formula is C27H27BO3Si. The molecule has 4 aromatic rings. The highest BCUT2D eigenvalue weighted by atomic mass is 28.3. The second-order valence-corrected chi connectivity index (χ2v) is 12.1. The summed E-state index contributed by atoms with van der Waals surface area (Å²) in [6.07, 6.45) is 0. The summed E-state index contributed by atoms with van der Waals surface area (Å²) in [5, 5.41) is 23.9. The molecule has 0 atom stereocenters. The highest BCUT2D eigenvalue weighted by Crippen LogP contribution is 2.18. The molecule has 0 bridgehead atoms. The molecule has 0 amide bonds. The molecule has 5 heteroatoms. The molecule has 0 aliphatic heterocycles. The van der Waals surface area contributed by atoms with Gasteiger partial charge in [-0.2, -0.15) is 0 Å². The summed E-state index contributed by atoms with van der Waals surface area (Å²) in [7, 11) is -4.72. The van der Waals surface area contributed by atoms with Gasteiger partial charge in [-0.1, -0.05) is 108 Å². The van der Waals surface area contributed by atoms with Crippen LogP contribution in [0.4, 0.5) is 0 Å². The van der Waals surface area contributed by atoms with Gasteiger partial charge < -0.3 is 14.7 Å². The van der Waals surface area contributed by atoms with Crippen LogP contribution < -0.4 is 25.4 Å². The van der Waals surface area contributed by atoms with E-state index in [1.165, 1.54) is 32.3 Å². The van der Waals surface area contributed by atoms with Gasteiger partial charge in [0, 0.05) is 0 Å². The van der Waals surface area contributed by atoms with Crippen molar-refractivity contribution in [2.75, 3.05) is 0 Å². The molecule has 0 heterocycles. The molecule has 0 radical (unpaired) electrons. The average molecular weight is 438 g/mol. The quantitative estimate of drug-likeness (QED) is 0.359. The van der Waals surface area contributed by atoms with Crippen LogP contribution in [0.5, 0.6) is 5.75 Å². The maximum atomic E-state index is 9.67. The number of para-hydroxylation sites is 1. The molecule has 2 N–H and O–H groups in total. The summed E-state index contributed by atoms with van der Waals surface area (Å²) in [4.78, 5) is 0. The van der Waals surface area contributed by atoms with Crippen molar-refractivity contribution in [3.8, 4) is 5.75 Å². The smallest absolute Gasteiger partial charge is 0.512 e. The first-order chi connectivity index (χ1) is 15.4. The molecule has 0 fully saturated rings. The van der Waals surface area contributed by atoms with E-state index in [4.69, 9.17) is 4.65 Å². The molecule has 0 aliphatic carbocycles. The summed E-state index contributed by atoms with van der Waals surface area (Å²) >= 11 is 0. The van der Waals surface area contributed by atoms with E-state index in [1.807, 2.05) is 18.2 Å². The lowest BCUT2D eigenvalue weighted by molar-refractivity contribution is 0.289. The molecule has 0 aromatic heterocycles. The first-order valence-electron chi connectivity index (χ1n) is 10.7. The molecule has 160 valence electrons. The van der Waals surface area contributed by atoms with Crippen LogP contribution in [0.2, 0.25) is 0 Å². The number of hydrogen-bond donors (Lipinski definition) is 2.